The highest BCUT2D eigenvalue weighted by Gasteiger charge is 2.16. The summed E-state index contributed by atoms with van der Waals surface area (Å²) in [6.45, 7) is 0. The van der Waals surface area contributed by atoms with Crippen molar-refractivity contribution in [1.82, 2.24) is 0 Å². The summed E-state index contributed by atoms with van der Waals surface area (Å²) in [6, 6.07) is 12.6. The fourth-order valence-electron chi connectivity index (χ4n) is 1.55. The minimum Gasteiger partial charge on any atom is -0.289 e. The molecule has 0 spiro atoms. The van der Waals surface area contributed by atoms with E-state index in [4.69, 9.17) is 21.8 Å². The number of rotatable bonds is 3. The van der Waals surface area contributed by atoms with E-state index in [0.29, 0.717) is 5.56 Å². The van der Waals surface area contributed by atoms with E-state index in [9.17, 15) is 14.9 Å². The first kappa shape index (κ1) is 16.2. The van der Waals surface area contributed by atoms with Crippen LogP contribution in [0.2, 0.25) is 5.02 Å². The van der Waals surface area contributed by atoms with Crippen molar-refractivity contribution in [3.63, 3.8) is 0 Å². The number of isocyanates is 1. The van der Waals surface area contributed by atoms with Gasteiger partial charge in [0.1, 0.15) is 5.02 Å². The Labute approximate surface area is 124 Å². The van der Waals surface area contributed by atoms with E-state index < -0.39 is 4.92 Å². The lowest BCUT2D eigenvalue weighted by Crippen LogP contribution is -2.02. The van der Waals surface area contributed by atoms with Crippen molar-refractivity contribution >= 4 is 29.2 Å². The van der Waals surface area contributed by atoms with Gasteiger partial charge in [-0.15, -0.1) is 0 Å². The topological polar surface area (TPSA) is 101 Å². The predicted molar refractivity (Wildman–Crippen MR) is 76.4 cm³/mol. The molecule has 0 amide bonds. The molecule has 0 atom stereocenters. The lowest BCUT2D eigenvalue weighted by molar-refractivity contribution is -0.384. The Morgan fingerprint density at radius 2 is 1.71 bits per heavy atom. The lowest BCUT2D eigenvalue weighted by Gasteiger charge is -2.02. The lowest BCUT2D eigenvalue weighted by atomic mass is 10.0. The third-order valence-electron chi connectivity index (χ3n) is 2.44. The first-order valence-corrected chi connectivity index (χ1v) is 5.96. The molecule has 1 N–H and O–H groups in total. The fourth-order valence-corrected chi connectivity index (χ4v) is 1.74. The SMILES string of the molecule is N=C=O.O=C(c1ccccc1)c1ccc(Cl)c([N+](=O)[O-])c1. The average Bonchev–Trinajstić information content (AvgIpc) is 2.48. The number of carbonyl (C=O) groups excluding carboxylic acids is 2. The van der Waals surface area contributed by atoms with Crippen LogP contribution in [0.25, 0.3) is 0 Å². The highest BCUT2D eigenvalue weighted by atomic mass is 35.5. The van der Waals surface area contributed by atoms with Crippen molar-refractivity contribution in [2.75, 3.05) is 0 Å². The van der Waals surface area contributed by atoms with Gasteiger partial charge in [-0.3, -0.25) is 14.9 Å². The molecule has 0 saturated carbocycles. The average molecular weight is 305 g/mol. The van der Waals surface area contributed by atoms with Gasteiger partial charge in [0.05, 0.1) is 4.92 Å². The van der Waals surface area contributed by atoms with E-state index >= 15 is 0 Å². The number of hydrogen-bond acceptors (Lipinski definition) is 5. The zero-order valence-corrected chi connectivity index (χ0v) is 11.3. The van der Waals surface area contributed by atoms with Gasteiger partial charge in [-0.05, 0) is 12.1 Å². The summed E-state index contributed by atoms with van der Waals surface area (Å²) in [5.74, 6) is -0.268. The maximum absolute atomic E-state index is 12.1. The van der Waals surface area contributed by atoms with Crippen molar-refractivity contribution in [3.8, 4) is 0 Å². The van der Waals surface area contributed by atoms with Gasteiger partial charge < -0.3 is 0 Å². The van der Waals surface area contributed by atoms with Crippen LogP contribution in [0.3, 0.4) is 0 Å². The van der Waals surface area contributed by atoms with Gasteiger partial charge in [0.2, 0.25) is 6.08 Å². The van der Waals surface area contributed by atoms with E-state index in [2.05, 4.69) is 0 Å². The summed E-state index contributed by atoms with van der Waals surface area (Å²) in [5, 5.41) is 16.2. The molecule has 0 radical (unpaired) electrons. The summed E-state index contributed by atoms with van der Waals surface area (Å²) in [5.41, 5.74) is 0.463. The summed E-state index contributed by atoms with van der Waals surface area (Å²) in [6.07, 6.45) is 0.750. The summed E-state index contributed by atoms with van der Waals surface area (Å²) >= 11 is 5.69. The van der Waals surface area contributed by atoms with Crippen LogP contribution in [0.5, 0.6) is 0 Å². The number of nitrogens with zero attached hydrogens (tertiary/aromatic N) is 1. The highest BCUT2D eigenvalue weighted by molar-refractivity contribution is 6.32. The first-order valence-electron chi connectivity index (χ1n) is 5.58. The Hall–Kier alpha value is -2.82. The number of nitro benzene ring substituents is 1. The van der Waals surface area contributed by atoms with Crippen LogP contribution < -0.4 is 0 Å². The third kappa shape index (κ3) is 4.35. The van der Waals surface area contributed by atoms with Crippen LogP contribution in [0, 0.1) is 15.5 Å². The molecule has 0 aliphatic heterocycles. The zero-order valence-electron chi connectivity index (χ0n) is 10.6. The maximum atomic E-state index is 12.1. The molecular weight excluding hydrogens is 296 g/mol. The minimum atomic E-state index is -0.607. The van der Waals surface area contributed by atoms with Crippen molar-refractivity contribution in [2.45, 2.75) is 0 Å². The van der Waals surface area contributed by atoms with Gasteiger partial charge in [-0.1, -0.05) is 41.9 Å². The third-order valence-corrected chi connectivity index (χ3v) is 2.76. The Morgan fingerprint density at radius 3 is 2.24 bits per heavy atom. The highest BCUT2D eigenvalue weighted by Crippen LogP contribution is 2.26. The van der Waals surface area contributed by atoms with Gasteiger partial charge in [0.25, 0.3) is 5.69 Å². The molecular formula is C14H9ClN2O4. The van der Waals surface area contributed by atoms with E-state index in [1.165, 1.54) is 18.2 Å². The van der Waals surface area contributed by atoms with Gasteiger partial charge >= 0.3 is 0 Å². The smallest absolute Gasteiger partial charge is 0.288 e. The van der Waals surface area contributed by atoms with E-state index in [1.54, 1.807) is 30.3 Å². The molecule has 7 heteroatoms. The molecule has 2 rings (SSSR count). The molecule has 0 saturated heterocycles. The summed E-state index contributed by atoms with van der Waals surface area (Å²) in [4.78, 5) is 30.5. The number of carbonyl (C=O) groups is 1. The minimum absolute atomic E-state index is 0.0182. The molecule has 6 nitrogen and oxygen atoms in total. The molecule has 0 fully saturated rings. The van der Waals surface area contributed by atoms with Crippen molar-refractivity contribution in [2.24, 2.45) is 0 Å². The van der Waals surface area contributed by atoms with Crippen LogP contribution in [0.1, 0.15) is 15.9 Å². The Bertz CT molecular complexity index is 695. The molecule has 0 bridgehead atoms. The Balaban J connectivity index is 0.000000677. The molecule has 106 valence electrons. The monoisotopic (exact) mass is 304 g/mol. The number of ketones is 1. The van der Waals surface area contributed by atoms with Crippen LogP contribution in [0.15, 0.2) is 48.5 Å². The van der Waals surface area contributed by atoms with Gasteiger partial charge in [-0.25, -0.2) is 10.2 Å². The fraction of sp³-hybridized carbons (Fsp3) is 0. The predicted octanol–water partition coefficient (Wildman–Crippen LogP) is 3.38. The molecule has 0 aliphatic rings. The van der Waals surface area contributed by atoms with Crippen LogP contribution in [-0.2, 0) is 4.79 Å². The molecule has 2 aromatic rings. The standard InChI is InChI=1S/C13H8ClNO3.CHNO/c14-11-7-6-10(8-12(11)15(17)18)13(16)9-4-2-1-3-5-9;2-1-3/h1-8H;2H. The molecule has 0 unspecified atom stereocenters. The van der Waals surface area contributed by atoms with Crippen molar-refractivity contribution in [3.05, 3.63) is 74.8 Å². The molecule has 2 aromatic carbocycles. The summed E-state index contributed by atoms with van der Waals surface area (Å²) < 4.78 is 0. The van der Waals surface area contributed by atoms with Gasteiger partial charge in [0, 0.05) is 17.2 Å². The van der Waals surface area contributed by atoms with Gasteiger partial charge in [-0.2, -0.15) is 0 Å². The molecule has 21 heavy (non-hydrogen) atoms. The van der Waals surface area contributed by atoms with E-state index in [0.717, 1.165) is 6.08 Å². The van der Waals surface area contributed by atoms with Crippen molar-refractivity contribution < 1.29 is 14.5 Å². The second-order valence-corrected chi connectivity index (χ2v) is 4.13. The molecule has 0 aromatic heterocycles. The number of benzene rings is 2. The first-order chi connectivity index (χ1) is 10.0. The zero-order chi connectivity index (χ0) is 15.8. The largest absolute Gasteiger partial charge is 0.289 e. The second-order valence-electron chi connectivity index (χ2n) is 3.72. The van der Waals surface area contributed by atoms with Crippen LogP contribution in [0.4, 0.5) is 5.69 Å². The number of halogens is 1. The van der Waals surface area contributed by atoms with E-state index in [-0.39, 0.29) is 22.1 Å². The van der Waals surface area contributed by atoms with Crippen molar-refractivity contribution in [1.29, 1.82) is 5.41 Å². The quantitative estimate of drug-likeness (QED) is 0.309. The normalized spacial score (nSPS) is 9.00. The number of nitrogens with one attached hydrogen (secondary N) is 1. The number of nitro groups is 1. The molecule has 0 aliphatic carbocycles. The summed E-state index contributed by atoms with van der Waals surface area (Å²) in [7, 11) is 0. The number of hydrogen-bond donors (Lipinski definition) is 1. The van der Waals surface area contributed by atoms with Crippen LogP contribution >= 0.6 is 11.6 Å². The van der Waals surface area contributed by atoms with E-state index in [1.807, 2.05) is 0 Å². The van der Waals surface area contributed by atoms with Crippen LogP contribution in [-0.4, -0.2) is 16.8 Å². The second kappa shape index (κ2) is 7.69. The Morgan fingerprint density at radius 1 is 1.14 bits per heavy atom. The van der Waals surface area contributed by atoms with Gasteiger partial charge in [0.15, 0.2) is 5.78 Å². The Kier molecular flexibility index (Phi) is 5.95. The maximum Gasteiger partial charge on any atom is 0.288 e. The molecule has 0 heterocycles.